The molecule has 1 saturated carbocycles. The van der Waals surface area contributed by atoms with E-state index in [4.69, 9.17) is 0 Å². The molecule has 3 rings (SSSR count). The fourth-order valence-corrected chi connectivity index (χ4v) is 3.81. The van der Waals surface area contributed by atoms with Crippen LogP contribution < -0.4 is 5.32 Å². The van der Waals surface area contributed by atoms with Gasteiger partial charge in [0.1, 0.15) is 11.5 Å². The molecular formula is C17H21N5O3S. The van der Waals surface area contributed by atoms with Crippen molar-refractivity contribution in [1.29, 1.82) is 0 Å². The van der Waals surface area contributed by atoms with E-state index in [0.29, 0.717) is 16.6 Å². The molecule has 2 aromatic rings. The molecule has 1 aromatic heterocycles. The molecule has 1 fully saturated rings. The normalized spacial score (nSPS) is 14.5. The second kappa shape index (κ2) is 8.31. The number of aryl methyl sites for hydroxylation is 1. The molecule has 8 nitrogen and oxygen atoms in total. The number of carbonyl (C=O) groups is 1. The van der Waals surface area contributed by atoms with E-state index in [9.17, 15) is 14.9 Å². The van der Waals surface area contributed by atoms with Gasteiger partial charge in [-0.25, -0.2) is 4.98 Å². The van der Waals surface area contributed by atoms with Crippen molar-refractivity contribution in [3.63, 3.8) is 0 Å². The lowest BCUT2D eigenvalue weighted by Gasteiger charge is -2.08. The summed E-state index contributed by atoms with van der Waals surface area (Å²) in [6.07, 6.45) is 5.94. The summed E-state index contributed by atoms with van der Waals surface area (Å²) in [6.45, 7) is 1.72. The zero-order valence-electron chi connectivity index (χ0n) is 14.5. The van der Waals surface area contributed by atoms with Gasteiger partial charge in [0.2, 0.25) is 11.1 Å². The summed E-state index contributed by atoms with van der Waals surface area (Å²) < 4.78 is 0. The Morgan fingerprint density at radius 1 is 1.42 bits per heavy atom. The van der Waals surface area contributed by atoms with Crippen molar-refractivity contribution >= 4 is 29.0 Å². The molecule has 26 heavy (non-hydrogen) atoms. The van der Waals surface area contributed by atoms with E-state index in [1.807, 2.05) is 0 Å². The third kappa shape index (κ3) is 4.60. The number of anilines is 1. The topological polar surface area (TPSA) is 114 Å². The predicted octanol–water partition coefficient (Wildman–Crippen LogP) is 3.48. The lowest BCUT2D eigenvalue weighted by atomic mass is 10.0. The Kier molecular flexibility index (Phi) is 5.87. The van der Waals surface area contributed by atoms with Gasteiger partial charge in [-0.2, -0.15) is 0 Å². The first-order valence-corrected chi connectivity index (χ1v) is 9.59. The maximum absolute atomic E-state index is 12.2. The lowest BCUT2D eigenvalue weighted by molar-refractivity contribution is -0.384. The monoisotopic (exact) mass is 375 g/mol. The highest BCUT2D eigenvalue weighted by Gasteiger charge is 2.19. The number of carbonyl (C=O) groups excluding carboxylic acids is 1. The third-order valence-corrected chi connectivity index (χ3v) is 5.36. The fourth-order valence-electron chi connectivity index (χ4n) is 3.19. The van der Waals surface area contributed by atoms with Crippen LogP contribution in [0.5, 0.6) is 0 Å². The predicted molar refractivity (Wildman–Crippen MR) is 99.2 cm³/mol. The molecule has 2 N–H and O–H groups in total. The van der Waals surface area contributed by atoms with E-state index < -0.39 is 4.92 Å². The van der Waals surface area contributed by atoms with Crippen LogP contribution in [0.4, 0.5) is 11.4 Å². The quantitative estimate of drug-likeness (QED) is 0.435. The molecule has 9 heteroatoms. The van der Waals surface area contributed by atoms with E-state index in [-0.39, 0.29) is 23.0 Å². The second-order valence-electron chi connectivity index (χ2n) is 6.48. The maximum atomic E-state index is 12.2. The highest BCUT2D eigenvalue weighted by molar-refractivity contribution is 7.99. The number of amides is 1. The number of rotatable bonds is 7. The van der Waals surface area contributed by atoms with Crippen LogP contribution in [-0.4, -0.2) is 31.8 Å². The van der Waals surface area contributed by atoms with E-state index in [2.05, 4.69) is 20.5 Å². The summed E-state index contributed by atoms with van der Waals surface area (Å²) >= 11 is 1.21. The van der Waals surface area contributed by atoms with Gasteiger partial charge >= 0.3 is 0 Å². The van der Waals surface area contributed by atoms with Crippen LogP contribution in [0.1, 0.15) is 37.1 Å². The summed E-state index contributed by atoms with van der Waals surface area (Å²) in [4.78, 5) is 27.2. The largest absolute Gasteiger partial charge is 0.319 e. The number of benzene rings is 1. The average Bonchev–Trinajstić information content (AvgIpc) is 3.27. The number of thioether (sulfide) groups is 1. The van der Waals surface area contributed by atoms with Crippen LogP contribution in [0.25, 0.3) is 0 Å². The van der Waals surface area contributed by atoms with Crippen LogP contribution in [0.15, 0.2) is 23.4 Å². The molecule has 1 heterocycles. The molecule has 0 aliphatic heterocycles. The molecule has 0 atom stereocenters. The number of aromatic amines is 1. The van der Waals surface area contributed by atoms with Gasteiger partial charge in [0.25, 0.3) is 5.69 Å². The van der Waals surface area contributed by atoms with Gasteiger partial charge in [0.15, 0.2) is 0 Å². The molecule has 1 amide bonds. The first kappa shape index (κ1) is 18.4. The van der Waals surface area contributed by atoms with Crippen LogP contribution in [0.2, 0.25) is 0 Å². The Morgan fingerprint density at radius 2 is 2.19 bits per heavy atom. The number of para-hydroxylation sites is 1. The van der Waals surface area contributed by atoms with Gasteiger partial charge in [-0.3, -0.25) is 20.0 Å². The Labute approximate surface area is 155 Å². The van der Waals surface area contributed by atoms with Gasteiger partial charge in [0, 0.05) is 12.5 Å². The Bertz CT molecular complexity index is 801. The number of nitro groups is 1. The van der Waals surface area contributed by atoms with Crippen molar-refractivity contribution in [3.05, 3.63) is 39.7 Å². The van der Waals surface area contributed by atoms with Crippen LogP contribution in [-0.2, 0) is 11.2 Å². The second-order valence-corrected chi connectivity index (χ2v) is 7.42. The lowest BCUT2D eigenvalue weighted by Crippen LogP contribution is -2.16. The van der Waals surface area contributed by atoms with E-state index in [0.717, 1.165) is 12.2 Å². The maximum Gasteiger partial charge on any atom is 0.293 e. The highest BCUT2D eigenvalue weighted by atomic mass is 32.2. The highest BCUT2D eigenvalue weighted by Crippen LogP contribution is 2.29. The van der Waals surface area contributed by atoms with Gasteiger partial charge in [0.05, 0.1) is 10.7 Å². The molecule has 1 aromatic carbocycles. The minimum atomic E-state index is -0.500. The summed E-state index contributed by atoms with van der Waals surface area (Å²) in [7, 11) is 0. The van der Waals surface area contributed by atoms with Gasteiger partial charge < -0.3 is 5.32 Å². The number of H-pyrrole nitrogens is 1. The smallest absolute Gasteiger partial charge is 0.293 e. The molecule has 0 unspecified atom stereocenters. The number of nitrogens with zero attached hydrogens (tertiary/aromatic N) is 3. The molecule has 0 saturated heterocycles. The number of hydrogen-bond donors (Lipinski definition) is 2. The SMILES string of the molecule is Cc1cccc([N+](=O)[O-])c1NC(=O)CSc1n[nH]c(CC2CCCC2)n1. The zero-order valence-corrected chi connectivity index (χ0v) is 15.3. The molecule has 1 aliphatic rings. The number of hydrogen-bond acceptors (Lipinski definition) is 6. The minimum Gasteiger partial charge on any atom is -0.319 e. The number of nitrogens with one attached hydrogen (secondary N) is 2. The van der Waals surface area contributed by atoms with Crippen molar-refractivity contribution in [2.45, 2.75) is 44.2 Å². The van der Waals surface area contributed by atoms with Crippen LogP contribution in [0, 0.1) is 23.0 Å². The van der Waals surface area contributed by atoms with Crippen LogP contribution >= 0.6 is 11.8 Å². The minimum absolute atomic E-state index is 0.0895. The van der Waals surface area contributed by atoms with Crippen molar-refractivity contribution in [1.82, 2.24) is 15.2 Å². The third-order valence-electron chi connectivity index (χ3n) is 4.51. The fraction of sp³-hybridized carbons (Fsp3) is 0.471. The first-order chi connectivity index (χ1) is 12.5. The first-order valence-electron chi connectivity index (χ1n) is 8.61. The Hall–Kier alpha value is -2.42. The van der Waals surface area contributed by atoms with Crippen molar-refractivity contribution in [2.75, 3.05) is 11.1 Å². The Balaban J connectivity index is 1.55. The summed E-state index contributed by atoms with van der Waals surface area (Å²) in [5.74, 6) is 1.29. The molecule has 1 aliphatic carbocycles. The summed E-state index contributed by atoms with van der Waals surface area (Å²) in [5.41, 5.74) is 0.773. The molecule has 0 spiro atoms. The van der Waals surface area contributed by atoms with Crippen molar-refractivity contribution in [2.24, 2.45) is 5.92 Å². The van der Waals surface area contributed by atoms with E-state index in [1.54, 1.807) is 19.1 Å². The molecular weight excluding hydrogens is 354 g/mol. The van der Waals surface area contributed by atoms with E-state index >= 15 is 0 Å². The van der Waals surface area contributed by atoms with Gasteiger partial charge in [-0.1, -0.05) is 49.6 Å². The number of aromatic nitrogens is 3. The van der Waals surface area contributed by atoms with Crippen LogP contribution in [0.3, 0.4) is 0 Å². The molecule has 138 valence electrons. The van der Waals surface area contributed by atoms with Crippen molar-refractivity contribution < 1.29 is 9.72 Å². The molecule has 0 bridgehead atoms. The van der Waals surface area contributed by atoms with Crippen molar-refractivity contribution in [3.8, 4) is 0 Å². The summed E-state index contributed by atoms with van der Waals surface area (Å²) in [5, 5.41) is 21.3. The zero-order chi connectivity index (χ0) is 18.5. The standard InChI is InChI=1S/C17H21N5O3S/c1-11-5-4-8-13(22(24)25)16(11)19-15(23)10-26-17-18-14(20-21-17)9-12-6-2-3-7-12/h4-5,8,12H,2-3,6-7,9-10H2,1H3,(H,19,23)(H,18,20,21). The van der Waals surface area contributed by atoms with Gasteiger partial charge in [-0.15, -0.1) is 5.10 Å². The van der Waals surface area contributed by atoms with E-state index in [1.165, 1.54) is 43.5 Å². The van der Waals surface area contributed by atoms with Gasteiger partial charge in [-0.05, 0) is 18.4 Å². The summed E-state index contributed by atoms with van der Waals surface area (Å²) in [6, 6.07) is 4.69. The number of nitro benzene ring substituents is 1. The molecule has 0 radical (unpaired) electrons. The Morgan fingerprint density at radius 3 is 2.92 bits per heavy atom. The average molecular weight is 375 g/mol.